The van der Waals surface area contributed by atoms with E-state index in [1.807, 2.05) is 17.5 Å². The highest BCUT2D eigenvalue weighted by Crippen LogP contribution is 2.21. The molecule has 94 valence electrons. The van der Waals surface area contributed by atoms with Crippen molar-refractivity contribution in [2.75, 3.05) is 5.73 Å². The summed E-state index contributed by atoms with van der Waals surface area (Å²) in [6.07, 6.45) is 1.17. The number of nitrogens with two attached hydrogens (primary N) is 1. The number of hydrogen-bond acceptors (Lipinski definition) is 4. The van der Waals surface area contributed by atoms with Gasteiger partial charge in [0.1, 0.15) is 5.01 Å². The lowest BCUT2D eigenvalue weighted by molar-refractivity contribution is 0.190. The third-order valence-corrected chi connectivity index (χ3v) is 3.36. The van der Waals surface area contributed by atoms with Gasteiger partial charge in [-0.3, -0.25) is 0 Å². The Morgan fingerprint density at radius 2 is 2.17 bits per heavy atom. The van der Waals surface area contributed by atoms with Crippen LogP contribution in [0.1, 0.15) is 16.6 Å². The molecule has 0 aliphatic rings. The van der Waals surface area contributed by atoms with Crippen molar-refractivity contribution in [3.8, 4) is 0 Å². The topological polar surface area (TPSA) is 88.2 Å². The molecular formula is C12H13N3O2S. The van der Waals surface area contributed by atoms with Crippen LogP contribution >= 0.6 is 11.3 Å². The number of amides is 1. The van der Waals surface area contributed by atoms with Crippen LogP contribution in [0.5, 0.6) is 0 Å². The van der Waals surface area contributed by atoms with Gasteiger partial charge < -0.3 is 16.2 Å². The summed E-state index contributed by atoms with van der Waals surface area (Å²) in [7, 11) is 0. The van der Waals surface area contributed by atoms with E-state index < -0.39 is 6.09 Å². The average molecular weight is 263 g/mol. The Kier molecular flexibility index (Phi) is 3.78. The second kappa shape index (κ2) is 5.50. The third-order valence-electron chi connectivity index (χ3n) is 2.47. The lowest BCUT2D eigenvalue weighted by Gasteiger charge is -2.14. The molecule has 0 spiro atoms. The zero-order valence-corrected chi connectivity index (χ0v) is 10.4. The van der Waals surface area contributed by atoms with Crippen molar-refractivity contribution in [2.45, 2.75) is 12.5 Å². The standard InChI is InChI=1S/C12H13N3O2S/c13-9-3-1-8(2-4-9)7-10(15-12(16)17)11-14-5-6-18-11/h1-6,10,15H,7,13H2,(H,16,17). The van der Waals surface area contributed by atoms with Crippen LogP contribution < -0.4 is 11.1 Å². The monoisotopic (exact) mass is 263 g/mol. The van der Waals surface area contributed by atoms with Crippen molar-refractivity contribution in [3.05, 3.63) is 46.4 Å². The van der Waals surface area contributed by atoms with Gasteiger partial charge >= 0.3 is 6.09 Å². The number of benzene rings is 1. The highest BCUT2D eigenvalue weighted by atomic mass is 32.1. The first-order valence-electron chi connectivity index (χ1n) is 5.38. The summed E-state index contributed by atoms with van der Waals surface area (Å²) in [5, 5.41) is 13.9. The lowest BCUT2D eigenvalue weighted by Crippen LogP contribution is -2.28. The Balaban J connectivity index is 2.15. The quantitative estimate of drug-likeness (QED) is 0.738. The number of rotatable bonds is 4. The Labute approximate surface area is 108 Å². The molecular weight excluding hydrogens is 250 g/mol. The normalized spacial score (nSPS) is 12.0. The summed E-state index contributed by atoms with van der Waals surface area (Å²) < 4.78 is 0. The van der Waals surface area contributed by atoms with E-state index >= 15 is 0 Å². The summed E-state index contributed by atoms with van der Waals surface area (Å²) in [6, 6.07) is 7.05. The van der Waals surface area contributed by atoms with Gasteiger partial charge in [-0.25, -0.2) is 9.78 Å². The molecule has 0 fully saturated rings. The predicted molar refractivity (Wildman–Crippen MR) is 70.6 cm³/mol. The van der Waals surface area contributed by atoms with Gasteiger partial charge in [0.25, 0.3) is 0 Å². The minimum atomic E-state index is -1.05. The minimum Gasteiger partial charge on any atom is -0.465 e. The molecule has 5 nitrogen and oxygen atoms in total. The van der Waals surface area contributed by atoms with E-state index in [9.17, 15) is 4.79 Å². The van der Waals surface area contributed by atoms with Gasteiger partial charge in [-0.05, 0) is 24.1 Å². The fourth-order valence-corrected chi connectivity index (χ4v) is 2.33. The molecule has 6 heteroatoms. The van der Waals surface area contributed by atoms with Gasteiger partial charge in [-0.2, -0.15) is 0 Å². The fourth-order valence-electron chi connectivity index (χ4n) is 1.65. The Morgan fingerprint density at radius 3 is 2.72 bits per heavy atom. The predicted octanol–water partition coefficient (Wildman–Crippen LogP) is 2.28. The molecule has 1 aromatic carbocycles. The van der Waals surface area contributed by atoms with Crippen molar-refractivity contribution >= 4 is 23.1 Å². The number of nitrogens with one attached hydrogen (secondary N) is 1. The Morgan fingerprint density at radius 1 is 1.44 bits per heavy atom. The number of aromatic nitrogens is 1. The SMILES string of the molecule is Nc1ccc(CC(NC(=O)O)c2nccs2)cc1. The van der Waals surface area contributed by atoms with E-state index in [1.54, 1.807) is 18.3 Å². The van der Waals surface area contributed by atoms with Crippen molar-refractivity contribution < 1.29 is 9.90 Å². The zero-order valence-electron chi connectivity index (χ0n) is 9.54. The van der Waals surface area contributed by atoms with Gasteiger partial charge in [-0.1, -0.05) is 12.1 Å². The van der Waals surface area contributed by atoms with Crippen LogP contribution in [-0.2, 0) is 6.42 Å². The van der Waals surface area contributed by atoms with Crippen LogP contribution in [0.2, 0.25) is 0 Å². The Hall–Kier alpha value is -2.08. The molecule has 0 bridgehead atoms. The zero-order chi connectivity index (χ0) is 13.0. The number of hydrogen-bond donors (Lipinski definition) is 3. The number of nitrogen functional groups attached to an aromatic ring is 1. The first-order valence-corrected chi connectivity index (χ1v) is 6.26. The number of thiazole rings is 1. The molecule has 2 rings (SSSR count). The maximum absolute atomic E-state index is 10.8. The number of carbonyl (C=O) groups is 1. The van der Waals surface area contributed by atoms with Crippen LogP contribution in [0.3, 0.4) is 0 Å². The van der Waals surface area contributed by atoms with Gasteiger partial charge in [0.05, 0.1) is 6.04 Å². The summed E-state index contributed by atoms with van der Waals surface area (Å²) >= 11 is 1.43. The second-order valence-corrected chi connectivity index (χ2v) is 4.74. The molecule has 2 aromatic rings. The largest absolute Gasteiger partial charge is 0.465 e. The van der Waals surface area contributed by atoms with Gasteiger partial charge in [0.2, 0.25) is 0 Å². The number of carboxylic acid groups (broad SMARTS) is 1. The van der Waals surface area contributed by atoms with Crippen LogP contribution in [0.25, 0.3) is 0 Å². The molecule has 0 aliphatic carbocycles. The first kappa shape index (κ1) is 12.4. The van der Waals surface area contributed by atoms with E-state index in [2.05, 4.69) is 10.3 Å². The molecule has 0 saturated carbocycles. The van der Waals surface area contributed by atoms with Crippen molar-refractivity contribution in [1.29, 1.82) is 0 Å². The summed E-state index contributed by atoms with van der Waals surface area (Å²) in [5.41, 5.74) is 7.32. The molecule has 1 amide bonds. The smallest absolute Gasteiger partial charge is 0.405 e. The van der Waals surface area contributed by atoms with E-state index in [0.717, 1.165) is 10.6 Å². The van der Waals surface area contributed by atoms with Crippen LogP contribution in [0.4, 0.5) is 10.5 Å². The van der Waals surface area contributed by atoms with Crippen LogP contribution in [0.15, 0.2) is 35.8 Å². The molecule has 0 aliphatic heterocycles. The molecule has 18 heavy (non-hydrogen) atoms. The summed E-state index contributed by atoms with van der Waals surface area (Å²) in [4.78, 5) is 14.9. The highest BCUT2D eigenvalue weighted by molar-refractivity contribution is 7.09. The van der Waals surface area contributed by atoms with E-state index in [1.165, 1.54) is 11.3 Å². The molecule has 0 radical (unpaired) electrons. The van der Waals surface area contributed by atoms with Crippen LogP contribution in [0, 0.1) is 0 Å². The summed E-state index contributed by atoms with van der Waals surface area (Å²) in [6.45, 7) is 0. The average Bonchev–Trinajstić information content (AvgIpc) is 2.84. The van der Waals surface area contributed by atoms with Gasteiger partial charge in [-0.15, -0.1) is 11.3 Å². The molecule has 1 unspecified atom stereocenters. The van der Waals surface area contributed by atoms with E-state index in [0.29, 0.717) is 12.1 Å². The van der Waals surface area contributed by atoms with Crippen molar-refractivity contribution in [1.82, 2.24) is 10.3 Å². The maximum Gasteiger partial charge on any atom is 0.405 e. The highest BCUT2D eigenvalue weighted by Gasteiger charge is 2.16. The summed E-state index contributed by atoms with van der Waals surface area (Å²) in [5.74, 6) is 0. The second-order valence-electron chi connectivity index (χ2n) is 3.82. The first-order chi connectivity index (χ1) is 8.65. The van der Waals surface area contributed by atoms with E-state index in [4.69, 9.17) is 10.8 Å². The third kappa shape index (κ3) is 3.21. The fraction of sp³-hybridized carbons (Fsp3) is 0.167. The molecule has 1 atom stereocenters. The molecule has 0 saturated heterocycles. The maximum atomic E-state index is 10.8. The van der Waals surface area contributed by atoms with Crippen molar-refractivity contribution in [3.63, 3.8) is 0 Å². The van der Waals surface area contributed by atoms with E-state index in [-0.39, 0.29) is 6.04 Å². The minimum absolute atomic E-state index is 0.328. The molecule has 4 N–H and O–H groups in total. The lowest BCUT2D eigenvalue weighted by atomic mass is 10.1. The number of nitrogens with zero attached hydrogens (tertiary/aromatic N) is 1. The van der Waals surface area contributed by atoms with Crippen LogP contribution in [-0.4, -0.2) is 16.2 Å². The molecule has 1 aromatic heterocycles. The molecule has 1 heterocycles. The number of anilines is 1. The van der Waals surface area contributed by atoms with Crippen molar-refractivity contribution in [2.24, 2.45) is 0 Å². The van der Waals surface area contributed by atoms with Gasteiger partial charge in [0.15, 0.2) is 0 Å². The Bertz CT molecular complexity index is 511. The van der Waals surface area contributed by atoms with Gasteiger partial charge in [0, 0.05) is 17.3 Å².